The van der Waals surface area contributed by atoms with Gasteiger partial charge in [-0.1, -0.05) is 48.7 Å². The molecule has 4 nitrogen and oxygen atoms in total. The van der Waals surface area contributed by atoms with Crippen LogP contribution in [0.4, 0.5) is 11.4 Å². The maximum atomic E-state index is 12.1. The third-order valence-electron chi connectivity index (χ3n) is 3.23. The van der Waals surface area contributed by atoms with E-state index in [0.29, 0.717) is 22.3 Å². The fourth-order valence-electron chi connectivity index (χ4n) is 2.07. The standard InChI is InChI=1S/C18H20Cl2N2O2/c1-2-3-8-24-17-7-5-4-6-16(17)21-12-18(23)22-15-10-13(19)9-14(20)11-15/h4-7,9-11,21H,2-3,8,12H2,1H3,(H,22,23). The van der Waals surface area contributed by atoms with E-state index < -0.39 is 0 Å². The summed E-state index contributed by atoms with van der Waals surface area (Å²) in [7, 11) is 0. The second kappa shape index (κ2) is 9.40. The second-order valence-corrected chi connectivity index (χ2v) is 6.13. The Hall–Kier alpha value is -1.91. The van der Waals surface area contributed by atoms with Crippen molar-refractivity contribution in [2.24, 2.45) is 0 Å². The number of anilines is 2. The van der Waals surface area contributed by atoms with Crippen molar-refractivity contribution in [3.8, 4) is 5.75 Å². The Morgan fingerprint density at radius 1 is 1.12 bits per heavy atom. The third-order valence-corrected chi connectivity index (χ3v) is 3.66. The number of para-hydroxylation sites is 2. The molecule has 0 bridgehead atoms. The lowest BCUT2D eigenvalue weighted by molar-refractivity contribution is -0.114. The number of hydrogen-bond donors (Lipinski definition) is 2. The van der Waals surface area contributed by atoms with Gasteiger partial charge in [0.2, 0.25) is 5.91 Å². The van der Waals surface area contributed by atoms with Gasteiger partial charge in [0, 0.05) is 15.7 Å². The summed E-state index contributed by atoms with van der Waals surface area (Å²) in [6.45, 7) is 2.88. The largest absolute Gasteiger partial charge is 0.491 e. The highest BCUT2D eigenvalue weighted by Crippen LogP contribution is 2.24. The van der Waals surface area contributed by atoms with E-state index in [0.717, 1.165) is 24.3 Å². The van der Waals surface area contributed by atoms with Crippen molar-refractivity contribution in [3.05, 3.63) is 52.5 Å². The predicted octanol–water partition coefficient (Wildman–Crippen LogP) is 5.22. The van der Waals surface area contributed by atoms with Crippen molar-refractivity contribution >= 4 is 40.5 Å². The van der Waals surface area contributed by atoms with Gasteiger partial charge in [0.05, 0.1) is 18.8 Å². The first-order chi connectivity index (χ1) is 11.6. The van der Waals surface area contributed by atoms with Gasteiger partial charge < -0.3 is 15.4 Å². The second-order valence-electron chi connectivity index (χ2n) is 5.26. The van der Waals surface area contributed by atoms with Gasteiger partial charge in [-0.05, 0) is 36.8 Å². The molecule has 0 saturated heterocycles. The van der Waals surface area contributed by atoms with E-state index >= 15 is 0 Å². The number of nitrogens with one attached hydrogen (secondary N) is 2. The Bertz CT molecular complexity index is 672. The number of hydrogen-bond acceptors (Lipinski definition) is 3. The van der Waals surface area contributed by atoms with E-state index in [2.05, 4.69) is 17.6 Å². The monoisotopic (exact) mass is 366 g/mol. The Balaban J connectivity index is 1.91. The first-order valence-corrected chi connectivity index (χ1v) is 8.55. The number of rotatable bonds is 8. The number of carbonyl (C=O) groups excluding carboxylic acids is 1. The number of unbranched alkanes of at least 4 members (excludes halogenated alkanes) is 1. The molecule has 0 aliphatic carbocycles. The Morgan fingerprint density at radius 3 is 2.54 bits per heavy atom. The number of ether oxygens (including phenoxy) is 1. The fourth-order valence-corrected chi connectivity index (χ4v) is 2.60. The van der Waals surface area contributed by atoms with Crippen molar-refractivity contribution in [1.82, 2.24) is 0 Å². The lowest BCUT2D eigenvalue weighted by Gasteiger charge is -2.13. The molecule has 0 aliphatic rings. The van der Waals surface area contributed by atoms with Crippen molar-refractivity contribution in [2.45, 2.75) is 19.8 Å². The number of halogens is 2. The number of carbonyl (C=O) groups is 1. The third kappa shape index (κ3) is 5.95. The minimum absolute atomic E-state index is 0.109. The van der Waals surface area contributed by atoms with Crippen LogP contribution in [0.2, 0.25) is 10.0 Å². The van der Waals surface area contributed by atoms with Crippen molar-refractivity contribution < 1.29 is 9.53 Å². The van der Waals surface area contributed by atoms with Gasteiger partial charge >= 0.3 is 0 Å². The number of amides is 1. The van der Waals surface area contributed by atoms with E-state index in [4.69, 9.17) is 27.9 Å². The van der Waals surface area contributed by atoms with Gasteiger partial charge in [-0.15, -0.1) is 0 Å². The fraction of sp³-hybridized carbons (Fsp3) is 0.278. The molecule has 0 radical (unpaired) electrons. The van der Waals surface area contributed by atoms with Crippen LogP contribution in [-0.4, -0.2) is 19.1 Å². The summed E-state index contributed by atoms with van der Waals surface area (Å²) >= 11 is 11.8. The van der Waals surface area contributed by atoms with Crippen LogP contribution < -0.4 is 15.4 Å². The zero-order valence-electron chi connectivity index (χ0n) is 13.4. The van der Waals surface area contributed by atoms with Crippen LogP contribution >= 0.6 is 23.2 Å². The minimum Gasteiger partial charge on any atom is -0.491 e. The highest BCUT2D eigenvalue weighted by Gasteiger charge is 2.07. The average molecular weight is 367 g/mol. The molecule has 0 unspecified atom stereocenters. The van der Waals surface area contributed by atoms with Crippen LogP contribution in [0.3, 0.4) is 0 Å². The smallest absolute Gasteiger partial charge is 0.243 e. The summed E-state index contributed by atoms with van der Waals surface area (Å²) in [6.07, 6.45) is 2.06. The molecule has 0 heterocycles. The normalized spacial score (nSPS) is 10.3. The van der Waals surface area contributed by atoms with Crippen LogP contribution in [0.5, 0.6) is 5.75 Å². The average Bonchev–Trinajstić information content (AvgIpc) is 2.53. The molecule has 0 atom stereocenters. The summed E-state index contributed by atoms with van der Waals surface area (Å²) < 4.78 is 5.73. The maximum absolute atomic E-state index is 12.1. The molecule has 6 heteroatoms. The highest BCUT2D eigenvalue weighted by atomic mass is 35.5. The van der Waals surface area contributed by atoms with E-state index in [9.17, 15) is 4.79 Å². The van der Waals surface area contributed by atoms with Crippen molar-refractivity contribution in [2.75, 3.05) is 23.8 Å². The molecule has 2 aromatic carbocycles. The molecule has 0 fully saturated rings. The maximum Gasteiger partial charge on any atom is 0.243 e. The molecule has 0 spiro atoms. The Kier molecular flexibility index (Phi) is 7.22. The SMILES string of the molecule is CCCCOc1ccccc1NCC(=O)Nc1cc(Cl)cc(Cl)c1. The van der Waals surface area contributed by atoms with Gasteiger partial charge in [-0.2, -0.15) is 0 Å². The molecule has 1 amide bonds. The molecule has 24 heavy (non-hydrogen) atoms. The minimum atomic E-state index is -0.198. The summed E-state index contributed by atoms with van der Waals surface area (Å²) in [5, 5.41) is 6.79. The highest BCUT2D eigenvalue weighted by molar-refractivity contribution is 6.35. The topological polar surface area (TPSA) is 50.4 Å². The molecule has 0 aromatic heterocycles. The van der Waals surface area contributed by atoms with Gasteiger partial charge in [0.1, 0.15) is 5.75 Å². The van der Waals surface area contributed by atoms with Crippen LogP contribution in [0, 0.1) is 0 Å². The summed E-state index contributed by atoms with van der Waals surface area (Å²) in [5.74, 6) is 0.543. The lowest BCUT2D eigenvalue weighted by atomic mass is 10.3. The lowest BCUT2D eigenvalue weighted by Crippen LogP contribution is -2.22. The van der Waals surface area contributed by atoms with Crippen molar-refractivity contribution in [1.29, 1.82) is 0 Å². The molecule has 0 saturated carbocycles. The van der Waals surface area contributed by atoms with Gasteiger partial charge in [0.15, 0.2) is 0 Å². The van der Waals surface area contributed by atoms with Gasteiger partial charge in [-0.25, -0.2) is 0 Å². The number of benzene rings is 2. The zero-order valence-corrected chi connectivity index (χ0v) is 15.0. The molecule has 2 aromatic rings. The van der Waals surface area contributed by atoms with Crippen LogP contribution in [0.25, 0.3) is 0 Å². The molecule has 2 N–H and O–H groups in total. The van der Waals surface area contributed by atoms with Crippen LogP contribution in [-0.2, 0) is 4.79 Å². The van der Waals surface area contributed by atoms with Crippen molar-refractivity contribution in [3.63, 3.8) is 0 Å². The first-order valence-electron chi connectivity index (χ1n) is 7.80. The molecular formula is C18H20Cl2N2O2. The van der Waals surface area contributed by atoms with E-state index in [-0.39, 0.29) is 12.5 Å². The van der Waals surface area contributed by atoms with E-state index in [1.807, 2.05) is 24.3 Å². The molecule has 0 aliphatic heterocycles. The Labute approximate surface area is 152 Å². The first kappa shape index (κ1) is 18.4. The summed E-state index contributed by atoms with van der Waals surface area (Å²) in [4.78, 5) is 12.1. The molecule has 2 rings (SSSR count). The predicted molar refractivity (Wildman–Crippen MR) is 100 cm³/mol. The van der Waals surface area contributed by atoms with E-state index in [1.54, 1.807) is 18.2 Å². The molecule has 128 valence electrons. The quantitative estimate of drug-likeness (QED) is 0.629. The Morgan fingerprint density at radius 2 is 1.83 bits per heavy atom. The summed E-state index contributed by atoms with van der Waals surface area (Å²) in [6, 6.07) is 12.5. The van der Waals surface area contributed by atoms with E-state index in [1.165, 1.54) is 0 Å². The van der Waals surface area contributed by atoms with Crippen LogP contribution in [0.15, 0.2) is 42.5 Å². The summed E-state index contributed by atoms with van der Waals surface area (Å²) in [5.41, 5.74) is 1.35. The van der Waals surface area contributed by atoms with Gasteiger partial charge in [0.25, 0.3) is 0 Å². The van der Waals surface area contributed by atoms with Crippen LogP contribution in [0.1, 0.15) is 19.8 Å². The van der Waals surface area contributed by atoms with Gasteiger partial charge in [-0.3, -0.25) is 4.79 Å². The molecular weight excluding hydrogens is 347 g/mol. The zero-order chi connectivity index (χ0) is 17.4.